The van der Waals surface area contributed by atoms with Gasteiger partial charge < -0.3 is 20.1 Å². The number of esters is 1. The van der Waals surface area contributed by atoms with Crippen LogP contribution in [-0.2, 0) is 27.4 Å². The van der Waals surface area contributed by atoms with Gasteiger partial charge in [0.1, 0.15) is 6.61 Å². The number of hydrogen-bond donors (Lipinski definition) is 2. The maximum absolute atomic E-state index is 12.0. The third-order valence-corrected chi connectivity index (χ3v) is 3.23. The van der Waals surface area contributed by atoms with Crippen LogP contribution in [-0.4, -0.2) is 44.4 Å². The zero-order valence-electron chi connectivity index (χ0n) is 15.7. The van der Waals surface area contributed by atoms with Crippen molar-refractivity contribution in [1.82, 2.24) is 10.6 Å². The van der Waals surface area contributed by atoms with Crippen molar-refractivity contribution >= 4 is 11.9 Å². The molecule has 0 unspecified atom stereocenters. The largest absolute Gasteiger partial charge is 0.463 e. The summed E-state index contributed by atoms with van der Waals surface area (Å²) in [6, 6.07) is 7.02. The van der Waals surface area contributed by atoms with Gasteiger partial charge in [0.25, 0.3) is 0 Å². The molecule has 1 aromatic rings. The molecule has 0 aliphatic rings. The van der Waals surface area contributed by atoms with Gasteiger partial charge in [-0.25, -0.2) is 0 Å². The number of nitrogens with one attached hydrogen (secondary N) is 2. The molecule has 1 rings (SSSR count). The van der Waals surface area contributed by atoms with Crippen molar-refractivity contribution in [3.05, 3.63) is 35.4 Å². The van der Waals surface area contributed by atoms with Crippen LogP contribution in [0.2, 0.25) is 0 Å². The van der Waals surface area contributed by atoms with E-state index in [1.54, 1.807) is 45.2 Å². The minimum Gasteiger partial charge on any atom is -0.463 e. The summed E-state index contributed by atoms with van der Waals surface area (Å²) in [5.41, 5.74) is 1.59. The smallest absolute Gasteiger partial charge is 0.411 e. The van der Waals surface area contributed by atoms with Crippen LogP contribution in [0.15, 0.2) is 29.3 Å². The van der Waals surface area contributed by atoms with E-state index in [0.29, 0.717) is 24.6 Å². The Kier molecular flexibility index (Phi) is 9.63. The van der Waals surface area contributed by atoms with Gasteiger partial charge in [-0.3, -0.25) is 9.79 Å². The Morgan fingerprint density at radius 1 is 1.15 bits per heavy atom. The highest BCUT2D eigenvalue weighted by Gasteiger charge is 2.27. The normalized spacial score (nSPS) is 12.2. The summed E-state index contributed by atoms with van der Waals surface area (Å²) < 4.78 is 45.8. The molecule has 0 aliphatic heterocycles. The van der Waals surface area contributed by atoms with Crippen LogP contribution in [0.1, 0.15) is 31.4 Å². The maximum atomic E-state index is 12.0. The first-order valence-electron chi connectivity index (χ1n) is 8.56. The lowest BCUT2D eigenvalue weighted by molar-refractivity contribution is -0.176. The van der Waals surface area contributed by atoms with E-state index in [1.165, 1.54) is 0 Å². The first-order chi connectivity index (χ1) is 12.7. The number of nitrogens with zero attached hydrogens (tertiary/aromatic N) is 1. The summed E-state index contributed by atoms with van der Waals surface area (Å²) in [5, 5.41) is 6.10. The number of benzene rings is 1. The minimum atomic E-state index is -4.32. The van der Waals surface area contributed by atoms with Gasteiger partial charge in [-0.05, 0) is 25.0 Å². The molecule has 9 heteroatoms. The standard InChI is InChI=1S/C18H26F3N3O3/c1-13(2)27-16(25)8-9-23-17(22-3)24-10-14-4-6-15(7-5-14)11-26-12-18(19,20)21/h4-7,13H,8-12H2,1-3H3,(H2,22,23,24). The highest BCUT2D eigenvalue weighted by molar-refractivity contribution is 5.80. The Balaban J connectivity index is 2.33. The molecule has 0 spiro atoms. The zero-order chi connectivity index (χ0) is 20.3. The molecule has 6 nitrogen and oxygen atoms in total. The summed E-state index contributed by atoms with van der Waals surface area (Å²) in [4.78, 5) is 15.5. The molecule has 0 radical (unpaired) electrons. The van der Waals surface area contributed by atoms with Gasteiger partial charge in [0.05, 0.1) is 19.1 Å². The van der Waals surface area contributed by atoms with Crippen LogP contribution in [0.25, 0.3) is 0 Å². The fourth-order valence-electron chi connectivity index (χ4n) is 2.05. The van der Waals surface area contributed by atoms with Gasteiger partial charge in [-0.15, -0.1) is 0 Å². The van der Waals surface area contributed by atoms with E-state index in [2.05, 4.69) is 20.4 Å². The molecule has 0 aliphatic carbocycles. The van der Waals surface area contributed by atoms with Crippen molar-refractivity contribution in [1.29, 1.82) is 0 Å². The molecule has 0 atom stereocenters. The molecule has 0 bridgehead atoms. The number of aliphatic imine (C=N–C) groups is 1. The first kappa shape index (κ1) is 22.8. The first-order valence-corrected chi connectivity index (χ1v) is 8.56. The number of rotatable bonds is 9. The third kappa shape index (κ3) is 11.1. The Morgan fingerprint density at radius 2 is 1.78 bits per heavy atom. The van der Waals surface area contributed by atoms with E-state index in [0.717, 1.165) is 5.56 Å². The predicted molar refractivity (Wildman–Crippen MR) is 96.2 cm³/mol. The number of hydrogen-bond acceptors (Lipinski definition) is 4. The molecule has 0 aromatic heterocycles. The zero-order valence-corrected chi connectivity index (χ0v) is 15.7. The van der Waals surface area contributed by atoms with E-state index >= 15 is 0 Å². The molecule has 0 saturated carbocycles. The van der Waals surface area contributed by atoms with Crippen molar-refractivity contribution in [3.8, 4) is 0 Å². The molecule has 0 amide bonds. The highest BCUT2D eigenvalue weighted by Crippen LogP contribution is 2.15. The second-order valence-electron chi connectivity index (χ2n) is 6.07. The number of carbonyl (C=O) groups is 1. The lowest BCUT2D eigenvalue weighted by Crippen LogP contribution is -2.38. The van der Waals surface area contributed by atoms with Gasteiger partial charge in [-0.1, -0.05) is 24.3 Å². The number of alkyl halides is 3. The van der Waals surface area contributed by atoms with Gasteiger partial charge in [0.2, 0.25) is 0 Å². The van der Waals surface area contributed by atoms with Crippen LogP contribution in [0, 0.1) is 0 Å². The molecule has 0 fully saturated rings. The number of guanidine groups is 1. The van der Waals surface area contributed by atoms with E-state index in [-0.39, 0.29) is 25.1 Å². The third-order valence-electron chi connectivity index (χ3n) is 3.23. The number of ether oxygens (including phenoxy) is 2. The Hall–Kier alpha value is -2.29. The minimum absolute atomic E-state index is 0.0943. The summed E-state index contributed by atoms with van der Waals surface area (Å²) >= 11 is 0. The average molecular weight is 389 g/mol. The Morgan fingerprint density at radius 3 is 2.33 bits per heavy atom. The molecule has 152 valence electrons. The Bertz CT molecular complexity index is 602. The lowest BCUT2D eigenvalue weighted by atomic mass is 10.1. The summed E-state index contributed by atoms with van der Waals surface area (Å²) in [5.74, 6) is 0.251. The second-order valence-corrected chi connectivity index (χ2v) is 6.07. The van der Waals surface area contributed by atoms with Crippen LogP contribution >= 0.6 is 0 Å². The SMILES string of the molecule is CN=C(NCCC(=O)OC(C)C)NCc1ccc(COCC(F)(F)F)cc1. The molecule has 27 heavy (non-hydrogen) atoms. The van der Waals surface area contributed by atoms with Crippen LogP contribution < -0.4 is 10.6 Å². The molecular weight excluding hydrogens is 363 g/mol. The average Bonchev–Trinajstić information content (AvgIpc) is 2.57. The number of halogens is 3. The molecular formula is C18H26F3N3O3. The van der Waals surface area contributed by atoms with Crippen molar-refractivity contribution in [2.45, 2.75) is 45.7 Å². The summed E-state index contributed by atoms with van der Waals surface area (Å²) in [6.07, 6.45) is -4.24. The quantitative estimate of drug-likeness (QED) is 0.386. The maximum Gasteiger partial charge on any atom is 0.411 e. The van der Waals surface area contributed by atoms with Crippen LogP contribution in [0.5, 0.6) is 0 Å². The Labute approximate surface area is 157 Å². The van der Waals surface area contributed by atoms with Crippen molar-refractivity contribution in [2.75, 3.05) is 20.2 Å². The van der Waals surface area contributed by atoms with Crippen molar-refractivity contribution < 1.29 is 27.4 Å². The van der Waals surface area contributed by atoms with E-state index in [1.807, 2.05) is 0 Å². The van der Waals surface area contributed by atoms with Gasteiger partial charge >= 0.3 is 12.1 Å². The predicted octanol–water partition coefficient (Wildman–Crippen LogP) is 2.77. The molecule has 1 aromatic carbocycles. The monoisotopic (exact) mass is 389 g/mol. The van der Waals surface area contributed by atoms with E-state index in [9.17, 15) is 18.0 Å². The summed E-state index contributed by atoms with van der Waals surface area (Å²) in [6.45, 7) is 3.09. The van der Waals surface area contributed by atoms with E-state index in [4.69, 9.17) is 4.74 Å². The fourth-order valence-corrected chi connectivity index (χ4v) is 2.05. The second kappa shape index (κ2) is 11.4. The molecule has 0 saturated heterocycles. The molecule has 2 N–H and O–H groups in total. The van der Waals surface area contributed by atoms with Gasteiger partial charge in [-0.2, -0.15) is 13.2 Å². The topological polar surface area (TPSA) is 72.0 Å². The van der Waals surface area contributed by atoms with Gasteiger partial charge in [0.15, 0.2) is 5.96 Å². The summed E-state index contributed by atoms with van der Waals surface area (Å²) in [7, 11) is 1.61. The van der Waals surface area contributed by atoms with Crippen molar-refractivity contribution in [3.63, 3.8) is 0 Å². The van der Waals surface area contributed by atoms with E-state index < -0.39 is 12.8 Å². The molecule has 0 heterocycles. The van der Waals surface area contributed by atoms with Gasteiger partial charge in [0, 0.05) is 20.1 Å². The van der Waals surface area contributed by atoms with Crippen LogP contribution in [0.4, 0.5) is 13.2 Å². The number of carbonyl (C=O) groups excluding carboxylic acids is 1. The fraction of sp³-hybridized carbons (Fsp3) is 0.556. The highest BCUT2D eigenvalue weighted by atomic mass is 19.4. The lowest BCUT2D eigenvalue weighted by Gasteiger charge is -2.13. The van der Waals surface area contributed by atoms with Crippen molar-refractivity contribution in [2.24, 2.45) is 4.99 Å². The van der Waals surface area contributed by atoms with Crippen LogP contribution in [0.3, 0.4) is 0 Å².